The first-order chi connectivity index (χ1) is 9.81. The molecular weight excluding hydrogens is 266 g/mol. The van der Waals surface area contributed by atoms with Gasteiger partial charge in [0.05, 0.1) is 16.4 Å². The maximum atomic E-state index is 5.68. The van der Waals surface area contributed by atoms with Gasteiger partial charge in [-0.05, 0) is 17.2 Å². The van der Waals surface area contributed by atoms with Crippen molar-refractivity contribution in [3.05, 3.63) is 54.7 Å². The van der Waals surface area contributed by atoms with E-state index in [1.165, 1.54) is 15.8 Å². The van der Waals surface area contributed by atoms with Gasteiger partial charge in [0.25, 0.3) is 0 Å². The van der Waals surface area contributed by atoms with E-state index in [0.29, 0.717) is 5.95 Å². The molecule has 0 unspecified atom stereocenters. The van der Waals surface area contributed by atoms with Crippen LogP contribution in [0, 0.1) is 0 Å². The lowest BCUT2D eigenvalue weighted by Crippen LogP contribution is -1.92. The highest BCUT2D eigenvalue weighted by Crippen LogP contribution is 2.35. The number of hydrogen-bond donors (Lipinski definition) is 1. The number of anilines is 1. The largest absolute Gasteiger partial charge is 0.368 e. The molecule has 20 heavy (non-hydrogen) atoms. The van der Waals surface area contributed by atoms with E-state index in [4.69, 9.17) is 5.73 Å². The topological polar surface area (TPSA) is 51.8 Å². The first-order valence-electron chi connectivity index (χ1n) is 6.31. The number of aromatic nitrogens is 2. The Hall–Kier alpha value is -2.46. The Labute approximate surface area is 119 Å². The Bertz CT molecular complexity index is 913. The number of benzene rings is 2. The van der Waals surface area contributed by atoms with Gasteiger partial charge in [-0.2, -0.15) is 0 Å². The minimum atomic E-state index is 0.323. The molecule has 0 atom stereocenters. The maximum Gasteiger partial charge on any atom is 0.220 e. The third kappa shape index (κ3) is 1.73. The van der Waals surface area contributed by atoms with Gasteiger partial charge in [0, 0.05) is 10.1 Å². The Balaban J connectivity index is 1.98. The Morgan fingerprint density at radius 1 is 0.900 bits per heavy atom. The summed E-state index contributed by atoms with van der Waals surface area (Å²) < 4.78 is 2.28. The number of nitrogens with two attached hydrogens (primary N) is 1. The second-order valence-corrected chi connectivity index (χ2v) is 5.70. The number of nitrogens with zero attached hydrogens (tertiary/aromatic N) is 2. The molecule has 0 amide bonds. The van der Waals surface area contributed by atoms with Crippen LogP contribution in [-0.4, -0.2) is 9.97 Å². The van der Waals surface area contributed by atoms with Gasteiger partial charge in [-0.25, -0.2) is 9.97 Å². The molecule has 0 bridgehead atoms. The summed E-state index contributed by atoms with van der Waals surface area (Å²) in [7, 11) is 0. The average molecular weight is 277 g/mol. The van der Waals surface area contributed by atoms with Gasteiger partial charge < -0.3 is 5.73 Å². The standard InChI is InChI=1S/C16H11N3S/c17-16-18-9-14-15(19-16)12-7-6-11(8-13(12)20-14)10-4-2-1-3-5-10/h1-9H,(H2,17,18,19). The zero-order valence-electron chi connectivity index (χ0n) is 10.6. The van der Waals surface area contributed by atoms with Crippen LogP contribution >= 0.6 is 11.3 Å². The number of rotatable bonds is 1. The summed E-state index contributed by atoms with van der Waals surface area (Å²) >= 11 is 1.70. The molecule has 96 valence electrons. The molecule has 0 spiro atoms. The molecule has 0 aliphatic rings. The molecule has 2 aromatic carbocycles. The highest BCUT2D eigenvalue weighted by atomic mass is 32.1. The molecule has 0 radical (unpaired) electrons. The molecule has 2 aromatic heterocycles. The van der Waals surface area contributed by atoms with Crippen LogP contribution in [-0.2, 0) is 0 Å². The number of hydrogen-bond acceptors (Lipinski definition) is 4. The highest BCUT2D eigenvalue weighted by Gasteiger charge is 2.08. The lowest BCUT2D eigenvalue weighted by Gasteiger charge is -2.01. The summed E-state index contributed by atoms with van der Waals surface area (Å²) in [5, 5.41) is 1.14. The molecular formula is C16H11N3S. The predicted molar refractivity (Wildman–Crippen MR) is 84.8 cm³/mol. The molecule has 2 heterocycles. The fourth-order valence-electron chi connectivity index (χ4n) is 2.38. The number of fused-ring (bicyclic) bond motifs is 3. The molecule has 4 rings (SSSR count). The lowest BCUT2D eigenvalue weighted by atomic mass is 10.0. The van der Waals surface area contributed by atoms with Crippen molar-refractivity contribution >= 4 is 37.6 Å². The van der Waals surface area contributed by atoms with Gasteiger partial charge in [0.15, 0.2) is 0 Å². The molecule has 0 saturated heterocycles. The second kappa shape index (κ2) is 4.28. The molecule has 2 N–H and O–H groups in total. The summed E-state index contributed by atoms with van der Waals surface area (Å²) in [6.45, 7) is 0. The fourth-order valence-corrected chi connectivity index (χ4v) is 3.44. The van der Waals surface area contributed by atoms with E-state index < -0.39 is 0 Å². The van der Waals surface area contributed by atoms with E-state index in [-0.39, 0.29) is 0 Å². The van der Waals surface area contributed by atoms with Gasteiger partial charge in [-0.15, -0.1) is 11.3 Å². The van der Waals surface area contributed by atoms with Crippen LogP contribution in [0.2, 0.25) is 0 Å². The summed E-state index contributed by atoms with van der Waals surface area (Å²) in [6.07, 6.45) is 1.80. The minimum absolute atomic E-state index is 0.323. The normalized spacial score (nSPS) is 11.2. The van der Waals surface area contributed by atoms with Crippen molar-refractivity contribution in [2.24, 2.45) is 0 Å². The lowest BCUT2D eigenvalue weighted by molar-refractivity contribution is 1.25. The summed E-state index contributed by atoms with van der Waals surface area (Å²) in [4.78, 5) is 8.40. The van der Waals surface area contributed by atoms with E-state index in [1.807, 2.05) is 6.07 Å². The molecule has 0 fully saturated rings. The Morgan fingerprint density at radius 3 is 2.60 bits per heavy atom. The Kier molecular flexibility index (Phi) is 2.44. The molecule has 0 aliphatic heterocycles. The molecule has 0 aliphatic carbocycles. The third-order valence-electron chi connectivity index (χ3n) is 3.34. The van der Waals surface area contributed by atoms with Crippen molar-refractivity contribution in [2.75, 3.05) is 5.73 Å². The first-order valence-corrected chi connectivity index (χ1v) is 7.13. The van der Waals surface area contributed by atoms with Crippen LogP contribution in [0.25, 0.3) is 31.4 Å². The van der Waals surface area contributed by atoms with E-state index in [2.05, 4.69) is 52.4 Å². The van der Waals surface area contributed by atoms with Crippen LogP contribution in [0.5, 0.6) is 0 Å². The smallest absolute Gasteiger partial charge is 0.220 e. The SMILES string of the molecule is Nc1ncc2sc3cc(-c4ccccc4)ccc3c2n1. The molecule has 4 heteroatoms. The van der Waals surface area contributed by atoms with Crippen molar-refractivity contribution in [2.45, 2.75) is 0 Å². The first kappa shape index (κ1) is 11.4. The second-order valence-electron chi connectivity index (χ2n) is 4.62. The van der Waals surface area contributed by atoms with Crippen LogP contribution in [0.1, 0.15) is 0 Å². The summed E-state index contributed by atoms with van der Waals surface area (Å²) in [6, 6.07) is 16.8. The van der Waals surface area contributed by atoms with Gasteiger partial charge in [0.1, 0.15) is 0 Å². The highest BCUT2D eigenvalue weighted by molar-refractivity contribution is 7.25. The Morgan fingerprint density at radius 2 is 1.75 bits per heavy atom. The zero-order chi connectivity index (χ0) is 13.5. The minimum Gasteiger partial charge on any atom is -0.368 e. The van der Waals surface area contributed by atoms with Crippen molar-refractivity contribution < 1.29 is 0 Å². The van der Waals surface area contributed by atoms with Crippen LogP contribution < -0.4 is 5.73 Å². The number of thiophene rings is 1. The van der Waals surface area contributed by atoms with E-state index >= 15 is 0 Å². The van der Waals surface area contributed by atoms with Gasteiger partial charge in [-0.3, -0.25) is 0 Å². The zero-order valence-corrected chi connectivity index (χ0v) is 11.4. The van der Waals surface area contributed by atoms with Crippen LogP contribution in [0.15, 0.2) is 54.7 Å². The van der Waals surface area contributed by atoms with E-state index in [0.717, 1.165) is 15.6 Å². The van der Waals surface area contributed by atoms with Crippen molar-refractivity contribution in [3.63, 3.8) is 0 Å². The number of nitrogen functional groups attached to an aromatic ring is 1. The van der Waals surface area contributed by atoms with E-state index in [1.54, 1.807) is 17.5 Å². The van der Waals surface area contributed by atoms with Gasteiger partial charge >= 0.3 is 0 Å². The molecule has 3 nitrogen and oxygen atoms in total. The fraction of sp³-hybridized carbons (Fsp3) is 0. The van der Waals surface area contributed by atoms with E-state index in [9.17, 15) is 0 Å². The molecule has 0 saturated carbocycles. The average Bonchev–Trinajstić information content (AvgIpc) is 2.85. The maximum absolute atomic E-state index is 5.68. The summed E-state index contributed by atoms with van der Waals surface area (Å²) in [5.74, 6) is 0.323. The van der Waals surface area contributed by atoms with Crippen LogP contribution in [0.3, 0.4) is 0 Å². The third-order valence-corrected chi connectivity index (χ3v) is 4.41. The monoisotopic (exact) mass is 277 g/mol. The predicted octanol–water partition coefficient (Wildman–Crippen LogP) is 4.09. The van der Waals surface area contributed by atoms with Crippen molar-refractivity contribution in [1.29, 1.82) is 0 Å². The quantitative estimate of drug-likeness (QED) is 0.570. The van der Waals surface area contributed by atoms with Crippen molar-refractivity contribution in [3.8, 4) is 11.1 Å². The van der Waals surface area contributed by atoms with Crippen molar-refractivity contribution in [1.82, 2.24) is 9.97 Å². The molecule has 4 aromatic rings. The van der Waals surface area contributed by atoms with Gasteiger partial charge in [-0.1, -0.05) is 42.5 Å². The van der Waals surface area contributed by atoms with Crippen LogP contribution in [0.4, 0.5) is 5.95 Å². The van der Waals surface area contributed by atoms with Gasteiger partial charge in [0.2, 0.25) is 5.95 Å². The summed E-state index contributed by atoms with van der Waals surface area (Å²) in [5.41, 5.74) is 9.05.